The Labute approximate surface area is 251 Å². The van der Waals surface area contributed by atoms with Crippen molar-refractivity contribution < 1.29 is 28.6 Å². The fourth-order valence-corrected chi connectivity index (χ4v) is 6.09. The zero-order valence-corrected chi connectivity index (χ0v) is 25.1. The van der Waals surface area contributed by atoms with Crippen LogP contribution in [0.2, 0.25) is 10.0 Å². The van der Waals surface area contributed by atoms with E-state index in [2.05, 4.69) is 15.8 Å². The molecule has 2 amide bonds. The van der Waals surface area contributed by atoms with Gasteiger partial charge in [-0.2, -0.15) is 5.10 Å². The number of thiophene rings is 1. The number of carbonyl (C=O) groups is 3. The fourth-order valence-electron chi connectivity index (χ4n) is 4.31. The van der Waals surface area contributed by atoms with Crippen LogP contribution in [0.15, 0.2) is 41.5 Å². The van der Waals surface area contributed by atoms with Gasteiger partial charge in [0.25, 0.3) is 0 Å². The first-order chi connectivity index (χ1) is 19.7. The first kappa shape index (κ1) is 30.4. The van der Waals surface area contributed by atoms with E-state index < -0.39 is 17.8 Å². The number of carbonyl (C=O) groups excluding carboxylic acids is 3. The quantitative estimate of drug-likeness (QED) is 0.128. The van der Waals surface area contributed by atoms with E-state index in [1.54, 1.807) is 50.2 Å². The van der Waals surface area contributed by atoms with Crippen LogP contribution in [-0.2, 0) is 33.8 Å². The summed E-state index contributed by atoms with van der Waals surface area (Å²) in [7, 11) is 1.50. The Morgan fingerprint density at radius 2 is 1.76 bits per heavy atom. The lowest BCUT2D eigenvalue weighted by molar-refractivity contribution is -0.136. The highest BCUT2D eigenvalue weighted by Gasteiger charge is 2.28. The predicted molar refractivity (Wildman–Crippen MR) is 160 cm³/mol. The van der Waals surface area contributed by atoms with Crippen LogP contribution in [0.4, 0.5) is 5.00 Å². The molecule has 1 aliphatic rings. The van der Waals surface area contributed by atoms with E-state index in [-0.39, 0.29) is 13.2 Å². The van der Waals surface area contributed by atoms with Gasteiger partial charge in [0.1, 0.15) is 11.6 Å². The third-order valence-corrected chi connectivity index (χ3v) is 8.34. The first-order valence-electron chi connectivity index (χ1n) is 12.9. The molecule has 0 aliphatic heterocycles. The number of hydrazone groups is 1. The third-order valence-electron chi connectivity index (χ3n) is 6.42. The summed E-state index contributed by atoms with van der Waals surface area (Å²) in [5.41, 5.74) is 5.19. The van der Waals surface area contributed by atoms with Crippen molar-refractivity contribution in [3.05, 3.63) is 73.6 Å². The summed E-state index contributed by atoms with van der Waals surface area (Å²) >= 11 is 13.8. The largest absolute Gasteiger partial charge is 0.493 e. The van der Waals surface area contributed by atoms with Crippen molar-refractivity contribution in [2.45, 2.75) is 46.1 Å². The third kappa shape index (κ3) is 7.19. The second kappa shape index (κ2) is 13.8. The molecule has 2 aromatic carbocycles. The van der Waals surface area contributed by atoms with Crippen LogP contribution in [-0.4, -0.2) is 37.2 Å². The number of nitrogens with one attached hydrogen (secondary N) is 2. The molecule has 1 heterocycles. The number of hydrogen-bond donors (Lipinski definition) is 2. The predicted octanol–water partition coefficient (Wildman–Crippen LogP) is 6.18. The molecule has 0 radical (unpaired) electrons. The van der Waals surface area contributed by atoms with Crippen molar-refractivity contribution in [1.82, 2.24) is 5.43 Å². The number of fused-ring (bicyclic) bond motifs is 1. The summed E-state index contributed by atoms with van der Waals surface area (Å²) in [6.45, 7) is 3.73. The van der Waals surface area contributed by atoms with E-state index in [9.17, 15) is 14.4 Å². The van der Waals surface area contributed by atoms with Gasteiger partial charge in [-0.1, -0.05) is 29.3 Å². The molecule has 3 aromatic rings. The molecule has 4 rings (SSSR count). The van der Waals surface area contributed by atoms with Gasteiger partial charge in [-0.25, -0.2) is 10.2 Å². The van der Waals surface area contributed by atoms with Gasteiger partial charge >= 0.3 is 17.8 Å². The van der Waals surface area contributed by atoms with Gasteiger partial charge in [-0.3, -0.25) is 9.59 Å². The Morgan fingerprint density at radius 1 is 1.02 bits per heavy atom. The molecule has 12 heteroatoms. The van der Waals surface area contributed by atoms with Crippen molar-refractivity contribution >= 4 is 63.0 Å². The molecule has 2 N–H and O–H groups in total. The van der Waals surface area contributed by atoms with Crippen LogP contribution in [0.3, 0.4) is 0 Å². The highest BCUT2D eigenvalue weighted by Crippen LogP contribution is 2.38. The monoisotopic (exact) mass is 617 g/mol. The van der Waals surface area contributed by atoms with E-state index in [4.69, 9.17) is 37.4 Å². The van der Waals surface area contributed by atoms with Crippen molar-refractivity contribution in [3.63, 3.8) is 0 Å². The standard InChI is InChI=1S/C29H29Cl2N3O6S/c1-4-39-29(37)25-18-8-5-6-11-24(18)41-28(25)32-26(35)27(36)34-33-16(2)17-12-13-22(23(14-17)38-3)40-15-19-20(30)9-7-10-21(19)31/h7,9-10,12-14H,4-6,8,11,15H2,1-3H3,(H,32,35)(H,34,36)/b33-16+. The molecule has 9 nitrogen and oxygen atoms in total. The molecule has 216 valence electrons. The molecule has 0 unspecified atom stereocenters. The second-order valence-corrected chi connectivity index (χ2v) is 11.0. The van der Waals surface area contributed by atoms with Crippen molar-refractivity contribution in [3.8, 4) is 11.5 Å². The maximum Gasteiger partial charge on any atom is 0.341 e. The van der Waals surface area contributed by atoms with E-state index in [0.29, 0.717) is 48.9 Å². The van der Waals surface area contributed by atoms with E-state index in [0.717, 1.165) is 36.1 Å². The Balaban J connectivity index is 1.42. The minimum absolute atomic E-state index is 0.136. The molecule has 0 spiro atoms. The zero-order chi connectivity index (χ0) is 29.5. The van der Waals surface area contributed by atoms with Gasteiger partial charge in [0.15, 0.2) is 11.5 Å². The van der Waals surface area contributed by atoms with E-state index >= 15 is 0 Å². The van der Waals surface area contributed by atoms with Crippen LogP contribution in [0.5, 0.6) is 11.5 Å². The molecule has 41 heavy (non-hydrogen) atoms. The van der Waals surface area contributed by atoms with Gasteiger partial charge < -0.3 is 19.5 Å². The minimum atomic E-state index is -0.978. The first-order valence-corrected chi connectivity index (χ1v) is 14.5. The Morgan fingerprint density at radius 3 is 2.46 bits per heavy atom. The average molecular weight is 619 g/mol. The highest BCUT2D eigenvalue weighted by molar-refractivity contribution is 7.17. The van der Waals surface area contributed by atoms with Crippen LogP contribution < -0.4 is 20.2 Å². The minimum Gasteiger partial charge on any atom is -0.493 e. The number of ether oxygens (including phenoxy) is 3. The fraction of sp³-hybridized carbons (Fsp3) is 0.310. The highest BCUT2D eigenvalue weighted by atomic mass is 35.5. The lowest BCUT2D eigenvalue weighted by Gasteiger charge is -2.14. The summed E-state index contributed by atoms with van der Waals surface area (Å²) in [6.07, 6.45) is 3.50. The van der Waals surface area contributed by atoms with Crippen molar-refractivity contribution in [2.75, 3.05) is 19.0 Å². The number of amides is 2. The van der Waals surface area contributed by atoms with Gasteiger partial charge in [0.2, 0.25) is 0 Å². The molecular formula is C29H29Cl2N3O6S. The van der Waals surface area contributed by atoms with Crippen LogP contribution >= 0.6 is 34.5 Å². The van der Waals surface area contributed by atoms with Gasteiger partial charge in [-0.05, 0) is 75.4 Å². The number of rotatable bonds is 9. The summed E-state index contributed by atoms with van der Waals surface area (Å²) in [6, 6.07) is 10.3. The average Bonchev–Trinajstić information content (AvgIpc) is 3.33. The number of nitrogens with zero attached hydrogens (tertiary/aromatic N) is 1. The normalized spacial score (nSPS) is 12.8. The Kier molecular flexibility index (Phi) is 10.3. The lowest BCUT2D eigenvalue weighted by Crippen LogP contribution is -2.33. The number of aryl methyl sites for hydroxylation is 1. The Bertz CT molecular complexity index is 1480. The van der Waals surface area contributed by atoms with Crippen molar-refractivity contribution in [2.24, 2.45) is 5.10 Å². The number of anilines is 1. The summed E-state index contributed by atoms with van der Waals surface area (Å²) in [4.78, 5) is 38.9. The summed E-state index contributed by atoms with van der Waals surface area (Å²) in [5, 5.41) is 7.94. The van der Waals surface area contributed by atoms with Gasteiger partial charge in [0, 0.05) is 26.0 Å². The molecule has 1 aromatic heterocycles. The molecule has 0 saturated carbocycles. The molecule has 0 atom stereocenters. The van der Waals surface area contributed by atoms with E-state index in [1.165, 1.54) is 18.4 Å². The molecule has 1 aliphatic carbocycles. The van der Waals surface area contributed by atoms with Crippen LogP contribution in [0, 0.1) is 0 Å². The number of methoxy groups -OCH3 is 1. The summed E-state index contributed by atoms with van der Waals surface area (Å²) < 4.78 is 16.5. The number of halogens is 2. The number of hydrogen-bond acceptors (Lipinski definition) is 8. The maximum atomic E-state index is 12.7. The number of benzene rings is 2. The second-order valence-electron chi connectivity index (χ2n) is 9.08. The number of esters is 1. The van der Waals surface area contributed by atoms with Gasteiger partial charge in [0.05, 0.1) is 25.0 Å². The summed E-state index contributed by atoms with van der Waals surface area (Å²) in [5.74, 6) is -1.54. The Hall–Kier alpha value is -3.60. The van der Waals surface area contributed by atoms with E-state index in [1.807, 2.05) is 0 Å². The van der Waals surface area contributed by atoms with Crippen LogP contribution in [0.25, 0.3) is 0 Å². The SMILES string of the molecule is CCOC(=O)c1c(NC(=O)C(=O)N/N=C(\C)c2ccc(OCc3c(Cl)cccc3Cl)c(OC)c2)sc2c1CCCC2. The lowest BCUT2D eigenvalue weighted by atomic mass is 9.95. The smallest absolute Gasteiger partial charge is 0.341 e. The van der Waals surface area contributed by atoms with Crippen molar-refractivity contribution in [1.29, 1.82) is 0 Å². The zero-order valence-electron chi connectivity index (χ0n) is 22.8. The molecule has 0 fully saturated rings. The van der Waals surface area contributed by atoms with Crippen LogP contribution in [0.1, 0.15) is 58.6 Å². The molecule has 0 saturated heterocycles. The molecule has 0 bridgehead atoms. The maximum absolute atomic E-state index is 12.7. The molecular weight excluding hydrogens is 589 g/mol. The van der Waals surface area contributed by atoms with Gasteiger partial charge in [-0.15, -0.1) is 11.3 Å². The topological polar surface area (TPSA) is 115 Å².